The summed E-state index contributed by atoms with van der Waals surface area (Å²) in [4.78, 5) is 17.3. The third kappa shape index (κ3) is 3.75. The number of ether oxygens (including phenoxy) is 1. The van der Waals surface area contributed by atoms with Crippen LogP contribution in [0.15, 0.2) is 78.9 Å². The minimum absolute atomic E-state index is 0.0825. The Kier molecular flexibility index (Phi) is 5.42. The van der Waals surface area contributed by atoms with Gasteiger partial charge in [0, 0.05) is 37.3 Å². The van der Waals surface area contributed by atoms with Crippen molar-refractivity contribution in [2.45, 2.75) is 0 Å². The lowest BCUT2D eigenvalue weighted by Gasteiger charge is -2.35. The number of amides is 1. The molecule has 6 nitrogen and oxygen atoms in total. The van der Waals surface area contributed by atoms with Crippen LogP contribution in [0.3, 0.4) is 0 Å². The highest BCUT2D eigenvalue weighted by atomic mass is 16.5. The molecule has 32 heavy (non-hydrogen) atoms. The predicted octanol–water partition coefficient (Wildman–Crippen LogP) is 4.27. The summed E-state index contributed by atoms with van der Waals surface area (Å²) in [7, 11) is 1.65. The lowest BCUT2D eigenvalue weighted by atomic mass is 10.0. The highest BCUT2D eigenvalue weighted by molar-refractivity contribution is 6.07. The van der Waals surface area contributed by atoms with Crippen LogP contribution in [0.25, 0.3) is 22.0 Å². The van der Waals surface area contributed by atoms with Gasteiger partial charge in [0.2, 0.25) is 0 Å². The van der Waals surface area contributed by atoms with E-state index in [1.165, 1.54) is 0 Å². The van der Waals surface area contributed by atoms with Gasteiger partial charge in [-0.25, -0.2) is 0 Å². The summed E-state index contributed by atoms with van der Waals surface area (Å²) in [5.41, 5.74) is 2.45. The van der Waals surface area contributed by atoms with E-state index in [4.69, 9.17) is 4.74 Å². The number of hydrogen-bond acceptors (Lipinski definition) is 5. The first-order valence-electron chi connectivity index (χ1n) is 10.7. The van der Waals surface area contributed by atoms with Crippen molar-refractivity contribution >= 4 is 22.5 Å². The number of anilines is 1. The van der Waals surface area contributed by atoms with Crippen LogP contribution in [0.2, 0.25) is 0 Å². The van der Waals surface area contributed by atoms with E-state index in [-0.39, 0.29) is 5.91 Å². The molecule has 0 saturated carbocycles. The molecule has 0 unspecified atom stereocenters. The van der Waals surface area contributed by atoms with Crippen LogP contribution in [0.5, 0.6) is 5.75 Å². The molecule has 1 fully saturated rings. The van der Waals surface area contributed by atoms with Crippen molar-refractivity contribution in [2.24, 2.45) is 0 Å². The Morgan fingerprint density at radius 2 is 1.56 bits per heavy atom. The van der Waals surface area contributed by atoms with Crippen LogP contribution in [0, 0.1) is 0 Å². The van der Waals surface area contributed by atoms with Crippen LogP contribution in [-0.2, 0) is 0 Å². The van der Waals surface area contributed by atoms with Crippen molar-refractivity contribution in [1.29, 1.82) is 0 Å². The SMILES string of the molecule is COc1ccccc1-c1ccc(N2CCN(C(=O)c3cccc4ccccc34)CC2)nn1. The average molecular weight is 425 g/mol. The molecule has 2 heterocycles. The molecule has 0 N–H and O–H groups in total. The minimum Gasteiger partial charge on any atom is -0.496 e. The lowest BCUT2D eigenvalue weighted by Crippen LogP contribution is -2.49. The molecular formula is C26H24N4O2. The third-order valence-corrected chi connectivity index (χ3v) is 5.94. The van der Waals surface area contributed by atoms with Gasteiger partial charge in [0.15, 0.2) is 5.82 Å². The number of aromatic nitrogens is 2. The fourth-order valence-electron chi connectivity index (χ4n) is 4.21. The molecule has 0 aliphatic carbocycles. The molecule has 1 aliphatic heterocycles. The van der Waals surface area contributed by atoms with E-state index in [2.05, 4.69) is 15.1 Å². The molecule has 1 aromatic heterocycles. The average Bonchev–Trinajstić information content (AvgIpc) is 2.88. The summed E-state index contributed by atoms with van der Waals surface area (Å²) >= 11 is 0. The molecule has 160 valence electrons. The molecule has 3 aromatic carbocycles. The maximum Gasteiger partial charge on any atom is 0.254 e. The van der Waals surface area contributed by atoms with Crippen LogP contribution >= 0.6 is 0 Å². The summed E-state index contributed by atoms with van der Waals surface area (Å²) in [6.45, 7) is 2.74. The molecule has 0 radical (unpaired) electrons. The number of para-hydroxylation sites is 1. The van der Waals surface area contributed by atoms with Crippen molar-refractivity contribution in [1.82, 2.24) is 15.1 Å². The Labute approximate surface area is 187 Å². The van der Waals surface area contributed by atoms with Gasteiger partial charge in [-0.3, -0.25) is 4.79 Å². The molecule has 1 aliphatic rings. The van der Waals surface area contributed by atoms with Crippen molar-refractivity contribution in [3.05, 3.63) is 84.4 Å². The van der Waals surface area contributed by atoms with Gasteiger partial charge in [0.05, 0.1) is 12.8 Å². The van der Waals surface area contributed by atoms with E-state index in [1.54, 1.807) is 7.11 Å². The maximum absolute atomic E-state index is 13.2. The number of nitrogens with zero attached hydrogens (tertiary/aromatic N) is 4. The van der Waals surface area contributed by atoms with E-state index in [0.717, 1.165) is 52.3 Å². The van der Waals surface area contributed by atoms with Crippen molar-refractivity contribution in [3.8, 4) is 17.0 Å². The van der Waals surface area contributed by atoms with Crippen LogP contribution in [0.1, 0.15) is 10.4 Å². The van der Waals surface area contributed by atoms with E-state index in [1.807, 2.05) is 83.8 Å². The number of hydrogen-bond donors (Lipinski definition) is 0. The number of benzene rings is 3. The van der Waals surface area contributed by atoms with Crippen LogP contribution < -0.4 is 9.64 Å². The molecular weight excluding hydrogens is 400 g/mol. The van der Waals surface area contributed by atoms with Crippen LogP contribution in [-0.4, -0.2) is 54.3 Å². The van der Waals surface area contributed by atoms with E-state index < -0.39 is 0 Å². The van der Waals surface area contributed by atoms with E-state index in [9.17, 15) is 4.79 Å². The van der Waals surface area contributed by atoms with Gasteiger partial charge in [-0.15, -0.1) is 10.2 Å². The molecule has 0 atom stereocenters. The zero-order chi connectivity index (χ0) is 21.9. The van der Waals surface area contributed by atoms with E-state index in [0.29, 0.717) is 13.1 Å². The van der Waals surface area contributed by atoms with Gasteiger partial charge in [-0.1, -0.05) is 48.5 Å². The molecule has 4 aromatic rings. The Morgan fingerprint density at radius 1 is 0.812 bits per heavy atom. The quantitative estimate of drug-likeness (QED) is 0.490. The molecule has 0 bridgehead atoms. The van der Waals surface area contributed by atoms with Crippen molar-refractivity contribution < 1.29 is 9.53 Å². The first kappa shape index (κ1) is 20.0. The van der Waals surface area contributed by atoms with Gasteiger partial charge in [0.25, 0.3) is 5.91 Å². The fraction of sp³-hybridized carbons (Fsp3) is 0.192. The summed E-state index contributed by atoms with van der Waals surface area (Å²) in [6.07, 6.45) is 0. The van der Waals surface area contributed by atoms with Gasteiger partial charge in [-0.2, -0.15) is 0 Å². The van der Waals surface area contributed by atoms with E-state index >= 15 is 0 Å². The molecule has 5 rings (SSSR count). The minimum atomic E-state index is 0.0825. The van der Waals surface area contributed by atoms with Gasteiger partial charge >= 0.3 is 0 Å². The number of rotatable bonds is 4. The maximum atomic E-state index is 13.2. The fourth-order valence-corrected chi connectivity index (χ4v) is 4.21. The first-order chi connectivity index (χ1) is 15.7. The Hall–Kier alpha value is -3.93. The Morgan fingerprint density at radius 3 is 2.34 bits per heavy atom. The van der Waals surface area contributed by atoms with Crippen molar-refractivity contribution in [2.75, 3.05) is 38.2 Å². The second-order valence-electron chi connectivity index (χ2n) is 7.78. The second kappa shape index (κ2) is 8.67. The van der Waals surface area contributed by atoms with Crippen molar-refractivity contribution in [3.63, 3.8) is 0 Å². The molecule has 6 heteroatoms. The number of carbonyl (C=O) groups is 1. The smallest absolute Gasteiger partial charge is 0.254 e. The summed E-state index contributed by atoms with van der Waals surface area (Å²) < 4.78 is 5.43. The monoisotopic (exact) mass is 424 g/mol. The van der Waals surface area contributed by atoms with Gasteiger partial charge < -0.3 is 14.5 Å². The largest absolute Gasteiger partial charge is 0.496 e. The summed E-state index contributed by atoms with van der Waals surface area (Å²) in [6, 6.07) is 25.7. The standard InChI is InChI=1S/C26H24N4O2/c1-32-24-12-5-4-10-22(24)23-13-14-25(28-27-23)29-15-17-30(18-16-29)26(31)21-11-6-8-19-7-2-3-9-20(19)21/h2-14H,15-18H2,1H3. The normalized spacial score (nSPS) is 13.9. The Balaban J connectivity index is 1.28. The zero-order valence-electron chi connectivity index (χ0n) is 17.9. The number of carbonyl (C=O) groups excluding carboxylic acids is 1. The van der Waals surface area contributed by atoms with Crippen LogP contribution in [0.4, 0.5) is 5.82 Å². The highest BCUT2D eigenvalue weighted by Gasteiger charge is 2.24. The summed E-state index contributed by atoms with van der Waals surface area (Å²) in [5.74, 6) is 1.68. The summed E-state index contributed by atoms with van der Waals surface area (Å²) in [5, 5.41) is 10.9. The third-order valence-electron chi connectivity index (χ3n) is 5.94. The highest BCUT2D eigenvalue weighted by Crippen LogP contribution is 2.28. The lowest BCUT2D eigenvalue weighted by molar-refractivity contribution is 0.0748. The number of piperazine rings is 1. The molecule has 0 spiro atoms. The Bertz CT molecular complexity index is 1240. The molecule has 1 amide bonds. The number of methoxy groups -OCH3 is 1. The second-order valence-corrected chi connectivity index (χ2v) is 7.78. The molecule has 1 saturated heterocycles. The zero-order valence-corrected chi connectivity index (χ0v) is 17.9. The van der Waals surface area contributed by atoms with Gasteiger partial charge in [-0.05, 0) is 41.1 Å². The first-order valence-corrected chi connectivity index (χ1v) is 10.7. The predicted molar refractivity (Wildman–Crippen MR) is 126 cm³/mol. The topological polar surface area (TPSA) is 58.6 Å². The van der Waals surface area contributed by atoms with Gasteiger partial charge in [0.1, 0.15) is 5.75 Å². The number of fused-ring (bicyclic) bond motifs is 1.